The molecule has 188 valence electrons. The maximum absolute atomic E-state index is 13.4. The zero-order valence-electron chi connectivity index (χ0n) is 20.9. The Morgan fingerprint density at radius 3 is 2.58 bits per heavy atom. The molecule has 1 N–H and O–H groups in total. The van der Waals surface area contributed by atoms with Crippen molar-refractivity contribution in [1.29, 1.82) is 0 Å². The first kappa shape index (κ1) is 24.0. The van der Waals surface area contributed by atoms with Gasteiger partial charge >= 0.3 is 12.1 Å². The van der Waals surface area contributed by atoms with Crippen LogP contribution >= 0.6 is 0 Å². The molecule has 9 heteroatoms. The summed E-state index contributed by atoms with van der Waals surface area (Å²) in [6.07, 6.45) is 0.364. The Bertz CT molecular complexity index is 1470. The highest BCUT2D eigenvalue weighted by molar-refractivity contribution is 5.90. The topological polar surface area (TPSA) is 111 Å². The molecule has 3 aromatic rings. The van der Waals surface area contributed by atoms with Gasteiger partial charge in [0.15, 0.2) is 5.60 Å². The van der Waals surface area contributed by atoms with Crippen LogP contribution in [0.5, 0.6) is 5.75 Å². The second kappa shape index (κ2) is 8.74. The van der Waals surface area contributed by atoms with Crippen LogP contribution in [0.3, 0.4) is 0 Å². The highest BCUT2D eigenvalue weighted by Gasteiger charge is 2.45. The smallest absolute Gasteiger partial charge is 0.415 e. The zero-order valence-corrected chi connectivity index (χ0v) is 20.9. The predicted octanol–water partition coefficient (Wildman–Crippen LogP) is 3.48. The number of hydrogen-bond acceptors (Lipinski definition) is 7. The van der Waals surface area contributed by atoms with Gasteiger partial charge in [0.1, 0.15) is 12.4 Å². The van der Waals surface area contributed by atoms with Gasteiger partial charge in [0, 0.05) is 29.6 Å². The molecule has 0 spiro atoms. The molecule has 1 aromatic carbocycles. The number of aryl methyl sites for hydroxylation is 1. The Labute approximate surface area is 208 Å². The summed E-state index contributed by atoms with van der Waals surface area (Å²) >= 11 is 0. The molecule has 0 saturated heterocycles. The number of fused-ring (bicyclic) bond motifs is 5. The van der Waals surface area contributed by atoms with Gasteiger partial charge in [-0.15, -0.1) is 0 Å². The molecule has 1 atom stereocenters. The van der Waals surface area contributed by atoms with Crippen molar-refractivity contribution in [2.24, 2.45) is 0 Å². The molecule has 9 nitrogen and oxygen atoms in total. The molecule has 0 aliphatic carbocycles. The molecule has 1 amide bonds. The SMILES string of the molecule is CCc1c2c(nc3ccc(OC(=O)N(CC)CC)cc13)-c1cc3c(c(=O)n1C2)COC(=O)[C@]3(O)CC. The van der Waals surface area contributed by atoms with Crippen LogP contribution in [0.4, 0.5) is 4.79 Å². The van der Waals surface area contributed by atoms with Crippen molar-refractivity contribution in [2.75, 3.05) is 13.1 Å². The maximum Gasteiger partial charge on any atom is 0.415 e. The van der Waals surface area contributed by atoms with Crippen molar-refractivity contribution in [1.82, 2.24) is 14.5 Å². The summed E-state index contributed by atoms with van der Waals surface area (Å²) in [5.41, 5.74) is 2.29. The van der Waals surface area contributed by atoms with Gasteiger partial charge in [-0.25, -0.2) is 14.6 Å². The lowest BCUT2D eigenvalue weighted by Crippen LogP contribution is -2.44. The monoisotopic (exact) mass is 491 g/mol. The largest absolute Gasteiger partial charge is 0.458 e. The number of benzene rings is 1. The van der Waals surface area contributed by atoms with E-state index >= 15 is 0 Å². The molecule has 4 heterocycles. The second-order valence-corrected chi connectivity index (χ2v) is 9.09. The van der Waals surface area contributed by atoms with Crippen molar-refractivity contribution >= 4 is 23.0 Å². The van der Waals surface area contributed by atoms with E-state index in [2.05, 4.69) is 0 Å². The molecule has 36 heavy (non-hydrogen) atoms. The average molecular weight is 492 g/mol. The first-order valence-corrected chi connectivity index (χ1v) is 12.4. The second-order valence-electron chi connectivity index (χ2n) is 9.09. The van der Waals surface area contributed by atoms with E-state index in [1.807, 2.05) is 26.8 Å². The lowest BCUT2D eigenvalue weighted by atomic mass is 9.86. The lowest BCUT2D eigenvalue weighted by molar-refractivity contribution is -0.172. The molecular formula is C27H29N3O6. The van der Waals surface area contributed by atoms with Crippen LogP contribution in [0, 0.1) is 0 Å². The highest BCUT2D eigenvalue weighted by Crippen LogP contribution is 2.40. The third-order valence-corrected chi connectivity index (χ3v) is 7.36. The minimum Gasteiger partial charge on any atom is -0.458 e. The van der Waals surface area contributed by atoms with Gasteiger partial charge in [-0.3, -0.25) is 4.79 Å². The van der Waals surface area contributed by atoms with Gasteiger partial charge in [0.2, 0.25) is 0 Å². The summed E-state index contributed by atoms with van der Waals surface area (Å²) in [7, 11) is 0. The number of aromatic nitrogens is 2. The van der Waals surface area contributed by atoms with Crippen LogP contribution in [0.15, 0.2) is 29.1 Å². The molecule has 2 aliphatic heterocycles. The number of nitrogens with zero attached hydrogens (tertiary/aromatic N) is 3. The number of amides is 1. The van der Waals surface area contributed by atoms with E-state index in [-0.39, 0.29) is 18.6 Å². The van der Waals surface area contributed by atoms with Gasteiger partial charge in [-0.05, 0) is 56.5 Å². The Morgan fingerprint density at radius 2 is 1.92 bits per heavy atom. The molecule has 0 unspecified atom stereocenters. The first-order chi connectivity index (χ1) is 17.3. The van der Waals surface area contributed by atoms with Crippen molar-refractivity contribution < 1.29 is 24.2 Å². The van der Waals surface area contributed by atoms with Gasteiger partial charge < -0.3 is 24.0 Å². The highest BCUT2D eigenvalue weighted by atomic mass is 16.6. The fourth-order valence-electron chi connectivity index (χ4n) is 5.26. The van der Waals surface area contributed by atoms with E-state index in [1.54, 1.807) is 34.6 Å². The van der Waals surface area contributed by atoms with Crippen molar-refractivity contribution in [3.05, 3.63) is 56.9 Å². The van der Waals surface area contributed by atoms with E-state index in [0.717, 1.165) is 16.5 Å². The molecule has 2 aliphatic rings. The summed E-state index contributed by atoms with van der Waals surface area (Å²) in [5.74, 6) is -0.310. The van der Waals surface area contributed by atoms with Gasteiger partial charge in [0.05, 0.1) is 29.0 Å². The minimum atomic E-state index is -1.86. The molecular weight excluding hydrogens is 462 g/mol. The maximum atomic E-state index is 13.4. The minimum absolute atomic E-state index is 0.0922. The van der Waals surface area contributed by atoms with E-state index in [0.29, 0.717) is 59.8 Å². The average Bonchev–Trinajstić information content (AvgIpc) is 3.24. The molecule has 2 aromatic heterocycles. The Kier molecular flexibility index (Phi) is 5.83. The van der Waals surface area contributed by atoms with Crippen molar-refractivity contribution in [2.45, 2.75) is 59.3 Å². The summed E-state index contributed by atoms with van der Waals surface area (Å²) in [6.45, 7) is 8.78. The van der Waals surface area contributed by atoms with Crippen LogP contribution in [-0.2, 0) is 34.7 Å². The fraction of sp³-hybridized carbons (Fsp3) is 0.407. The normalized spacial score (nSPS) is 17.9. The molecule has 0 saturated carbocycles. The van der Waals surface area contributed by atoms with Gasteiger partial charge in [0.25, 0.3) is 5.56 Å². The Hall–Kier alpha value is -3.72. The number of carbonyl (C=O) groups excluding carboxylic acids is 2. The van der Waals surface area contributed by atoms with Crippen LogP contribution < -0.4 is 10.3 Å². The zero-order chi connectivity index (χ0) is 25.8. The number of ether oxygens (including phenoxy) is 2. The third kappa shape index (κ3) is 3.41. The van der Waals surface area contributed by atoms with Crippen LogP contribution in [-0.4, -0.2) is 44.7 Å². The first-order valence-electron chi connectivity index (χ1n) is 12.4. The van der Waals surface area contributed by atoms with Crippen LogP contribution in [0.1, 0.15) is 56.4 Å². The van der Waals surface area contributed by atoms with Crippen molar-refractivity contribution in [3.63, 3.8) is 0 Å². The van der Waals surface area contributed by atoms with Gasteiger partial charge in [-0.1, -0.05) is 13.8 Å². The quantitative estimate of drug-likeness (QED) is 0.426. The van der Waals surface area contributed by atoms with Gasteiger partial charge in [-0.2, -0.15) is 0 Å². The van der Waals surface area contributed by atoms with E-state index in [4.69, 9.17) is 14.5 Å². The Morgan fingerprint density at radius 1 is 1.17 bits per heavy atom. The Balaban J connectivity index is 1.65. The van der Waals surface area contributed by atoms with E-state index in [9.17, 15) is 19.5 Å². The van der Waals surface area contributed by atoms with Crippen LogP contribution in [0.2, 0.25) is 0 Å². The van der Waals surface area contributed by atoms with Crippen molar-refractivity contribution in [3.8, 4) is 17.1 Å². The molecule has 5 rings (SSSR count). The number of aliphatic hydroxyl groups is 1. The number of cyclic esters (lactones) is 1. The summed E-state index contributed by atoms with van der Waals surface area (Å²) < 4.78 is 12.4. The summed E-state index contributed by atoms with van der Waals surface area (Å²) in [5, 5.41) is 11.9. The molecule has 0 radical (unpaired) electrons. The summed E-state index contributed by atoms with van der Waals surface area (Å²) in [6, 6.07) is 7.05. The molecule has 0 bridgehead atoms. The number of pyridine rings is 2. The summed E-state index contributed by atoms with van der Waals surface area (Å²) in [4.78, 5) is 44.8. The van der Waals surface area contributed by atoms with Crippen LogP contribution in [0.25, 0.3) is 22.3 Å². The lowest BCUT2D eigenvalue weighted by Gasteiger charge is -2.31. The number of esters is 1. The molecule has 0 fully saturated rings. The third-order valence-electron chi connectivity index (χ3n) is 7.36. The number of carbonyl (C=O) groups is 2. The predicted molar refractivity (Wildman–Crippen MR) is 133 cm³/mol. The van der Waals surface area contributed by atoms with E-state index in [1.165, 1.54) is 0 Å². The number of hydrogen-bond donors (Lipinski definition) is 1. The fourth-order valence-corrected chi connectivity index (χ4v) is 5.26. The van der Waals surface area contributed by atoms with E-state index < -0.39 is 17.7 Å². The standard InChI is InChI=1S/C27H29N3O6/c1-5-16-17-11-15(36-26(33)29(7-3)8-4)9-10-21(17)28-23-18(16)13-30-22(23)12-20-19(24(30)31)14-35-25(32)27(20,34)6-2/h9-12,34H,5-8,13-14H2,1-4H3/t27-/m0/s1. The number of rotatable bonds is 5.